The molecular weight excluding hydrogens is 198 g/mol. The molecular formula is C14H17NO. The van der Waals surface area contributed by atoms with Crippen molar-refractivity contribution in [3.63, 3.8) is 0 Å². The summed E-state index contributed by atoms with van der Waals surface area (Å²) in [5, 5.41) is 2.39. The van der Waals surface area contributed by atoms with E-state index in [9.17, 15) is 0 Å². The number of fused-ring (bicyclic) bond motifs is 1. The number of hydrogen-bond donors (Lipinski definition) is 1. The number of methoxy groups -OCH3 is 1. The first-order valence-corrected chi connectivity index (χ1v) is 5.52. The van der Waals surface area contributed by atoms with Crippen molar-refractivity contribution in [3.8, 4) is 5.75 Å². The van der Waals surface area contributed by atoms with Crippen molar-refractivity contribution in [1.29, 1.82) is 0 Å². The fourth-order valence-corrected chi connectivity index (χ4v) is 2.04. The van der Waals surface area contributed by atoms with Crippen LogP contribution in [0.3, 0.4) is 0 Å². The highest BCUT2D eigenvalue weighted by atomic mass is 16.5. The van der Waals surface area contributed by atoms with Gasteiger partial charge in [-0.3, -0.25) is 0 Å². The Hall–Kier alpha value is -1.54. The summed E-state index contributed by atoms with van der Waals surface area (Å²) in [6.45, 7) is 2.03. The monoisotopic (exact) mass is 215 g/mol. The van der Waals surface area contributed by atoms with Gasteiger partial charge in [0.2, 0.25) is 0 Å². The van der Waals surface area contributed by atoms with Crippen molar-refractivity contribution in [2.45, 2.75) is 19.4 Å². The topological polar surface area (TPSA) is 35.2 Å². The van der Waals surface area contributed by atoms with Crippen molar-refractivity contribution in [3.05, 3.63) is 42.0 Å². The van der Waals surface area contributed by atoms with E-state index >= 15 is 0 Å². The van der Waals surface area contributed by atoms with E-state index in [0.717, 1.165) is 17.6 Å². The molecule has 0 saturated heterocycles. The first kappa shape index (κ1) is 11.0. The zero-order chi connectivity index (χ0) is 11.5. The summed E-state index contributed by atoms with van der Waals surface area (Å²) >= 11 is 0. The van der Waals surface area contributed by atoms with Crippen LogP contribution in [0.1, 0.15) is 12.5 Å². The molecule has 84 valence electrons. The third-order valence-corrected chi connectivity index (χ3v) is 2.74. The van der Waals surface area contributed by atoms with Gasteiger partial charge in [0.1, 0.15) is 5.75 Å². The van der Waals surface area contributed by atoms with Crippen LogP contribution in [0.25, 0.3) is 10.8 Å². The Balaban J connectivity index is 2.60. The van der Waals surface area contributed by atoms with E-state index in [-0.39, 0.29) is 6.04 Å². The van der Waals surface area contributed by atoms with Crippen LogP contribution >= 0.6 is 0 Å². The average molecular weight is 215 g/mol. The Morgan fingerprint density at radius 2 is 1.81 bits per heavy atom. The lowest BCUT2D eigenvalue weighted by Crippen LogP contribution is -2.17. The molecule has 0 aliphatic carbocycles. The fourth-order valence-electron chi connectivity index (χ4n) is 2.04. The smallest absolute Gasteiger partial charge is 0.126 e. The summed E-state index contributed by atoms with van der Waals surface area (Å²) in [7, 11) is 1.70. The molecule has 2 aromatic rings. The lowest BCUT2D eigenvalue weighted by atomic mass is 9.99. The van der Waals surface area contributed by atoms with Gasteiger partial charge in [-0.1, -0.05) is 30.3 Å². The van der Waals surface area contributed by atoms with Gasteiger partial charge in [-0.25, -0.2) is 0 Å². The SMILES string of the molecule is COc1ccc(C[C@@H](C)N)c2ccccc12. The summed E-state index contributed by atoms with van der Waals surface area (Å²) in [5.41, 5.74) is 7.14. The fraction of sp³-hybridized carbons (Fsp3) is 0.286. The van der Waals surface area contributed by atoms with Crippen molar-refractivity contribution in [1.82, 2.24) is 0 Å². The Morgan fingerprint density at radius 3 is 2.44 bits per heavy atom. The van der Waals surface area contributed by atoms with Gasteiger partial charge in [0.05, 0.1) is 7.11 Å². The third-order valence-electron chi connectivity index (χ3n) is 2.74. The van der Waals surface area contributed by atoms with Crippen LogP contribution in [-0.4, -0.2) is 13.2 Å². The zero-order valence-corrected chi connectivity index (χ0v) is 9.73. The molecule has 16 heavy (non-hydrogen) atoms. The first-order chi connectivity index (χ1) is 7.72. The molecule has 0 amide bonds. The van der Waals surface area contributed by atoms with Gasteiger partial charge in [-0.05, 0) is 30.4 Å². The highest BCUT2D eigenvalue weighted by Gasteiger charge is 2.06. The molecule has 0 heterocycles. The Bertz CT molecular complexity index is 491. The van der Waals surface area contributed by atoms with Gasteiger partial charge in [-0.15, -0.1) is 0 Å². The van der Waals surface area contributed by atoms with Gasteiger partial charge in [0.15, 0.2) is 0 Å². The number of ether oxygens (including phenoxy) is 1. The summed E-state index contributed by atoms with van der Waals surface area (Å²) in [5.74, 6) is 0.920. The number of nitrogens with two attached hydrogens (primary N) is 1. The van der Waals surface area contributed by atoms with Crippen LogP contribution in [0.4, 0.5) is 0 Å². The highest BCUT2D eigenvalue weighted by molar-refractivity contribution is 5.91. The van der Waals surface area contributed by atoms with Crippen LogP contribution < -0.4 is 10.5 Å². The zero-order valence-electron chi connectivity index (χ0n) is 9.73. The lowest BCUT2D eigenvalue weighted by molar-refractivity contribution is 0.419. The maximum absolute atomic E-state index is 5.85. The van der Waals surface area contributed by atoms with Crippen LogP contribution in [0, 0.1) is 0 Å². The summed E-state index contributed by atoms with van der Waals surface area (Å²) in [6.07, 6.45) is 0.893. The molecule has 0 fully saturated rings. The van der Waals surface area contributed by atoms with Crippen LogP contribution in [-0.2, 0) is 6.42 Å². The minimum absolute atomic E-state index is 0.178. The second kappa shape index (κ2) is 4.54. The van der Waals surface area contributed by atoms with Crippen molar-refractivity contribution in [2.75, 3.05) is 7.11 Å². The van der Waals surface area contributed by atoms with E-state index in [4.69, 9.17) is 10.5 Å². The molecule has 0 spiro atoms. The second-order valence-electron chi connectivity index (χ2n) is 4.15. The molecule has 0 saturated carbocycles. The van der Waals surface area contributed by atoms with Gasteiger partial charge < -0.3 is 10.5 Å². The number of rotatable bonds is 3. The lowest BCUT2D eigenvalue weighted by Gasteiger charge is -2.11. The molecule has 0 aliphatic heterocycles. The van der Waals surface area contributed by atoms with E-state index < -0.39 is 0 Å². The third kappa shape index (κ3) is 2.02. The molecule has 2 rings (SSSR count). The second-order valence-corrected chi connectivity index (χ2v) is 4.15. The molecule has 1 atom stereocenters. The van der Waals surface area contributed by atoms with Gasteiger partial charge >= 0.3 is 0 Å². The maximum atomic E-state index is 5.85. The Labute approximate surface area is 96.0 Å². The molecule has 0 radical (unpaired) electrons. The molecule has 2 nitrogen and oxygen atoms in total. The van der Waals surface area contributed by atoms with Gasteiger partial charge in [0, 0.05) is 11.4 Å². The van der Waals surface area contributed by atoms with E-state index in [1.807, 2.05) is 25.1 Å². The minimum atomic E-state index is 0.178. The Morgan fingerprint density at radius 1 is 1.12 bits per heavy atom. The van der Waals surface area contributed by atoms with Gasteiger partial charge in [0.25, 0.3) is 0 Å². The standard InChI is InChI=1S/C14H17NO/c1-10(15)9-11-7-8-14(16-2)13-6-4-3-5-12(11)13/h3-8,10H,9,15H2,1-2H3/t10-/m1/s1. The molecule has 0 unspecified atom stereocenters. The van der Waals surface area contributed by atoms with Crippen LogP contribution in [0.15, 0.2) is 36.4 Å². The molecule has 0 bridgehead atoms. The summed E-state index contributed by atoms with van der Waals surface area (Å²) in [4.78, 5) is 0. The minimum Gasteiger partial charge on any atom is -0.496 e. The van der Waals surface area contributed by atoms with E-state index in [1.165, 1.54) is 10.9 Å². The predicted molar refractivity (Wildman–Crippen MR) is 67.9 cm³/mol. The molecule has 2 heteroatoms. The quantitative estimate of drug-likeness (QED) is 0.854. The van der Waals surface area contributed by atoms with E-state index in [0.29, 0.717) is 0 Å². The largest absolute Gasteiger partial charge is 0.496 e. The van der Waals surface area contributed by atoms with Crippen molar-refractivity contribution < 1.29 is 4.74 Å². The van der Waals surface area contributed by atoms with Crippen molar-refractivity contribution in [2.24, 2.45) is 5.73 Å². The van der Waals surface area contributed by atoms with E-state index in [2.05, 4.69) is 18.2 Å². The molecule has 2 aromatic carbocycles. The molecule has 0 aliphatic rings. The highest BCUT2D eigenvalue weighted by Crippen LogP contribution is 2.28. The van der Waals surface area contributed by atoms with Crippen LogP contribution in [0.5, 0.6) is 5.75 Å². The Kier molecular flexibility index (Phi) is 3.11. The predicted octanol–water partition coefficient (Wildman–Crippen LogP) is 2.74. The molecule has 0 aromatic heterocycles. The number of hydrogen-bond acceptors (Lipinski definition) is 2. The summed E-state index contributed by atoms with van der Waals surface area (Å²) < 4.78 is 5.36. The summed E-state index contributed by atoms with van der Waals surface area (Å²) in [6, 6.07) is 12.6. The van der Waals surface area contributed by atoms with Crippen molar-refractivity contribution >= 4 is 10.8 Å². The van der Waals surface area contributed by atoms with E-state index in [1.54, 1.807) is 7.11 Å². The van der Waals surface area contributed by atoms with Gasteiger partial charge in [-0.2, -0.15) is 0 Å². The molecule has 2 N–H and O–H groups in total. The van der Waals surface area contributed by atoms with Crippen LogP contribution in [0.2, 0.25) is 0 Å². The normalized spacial score (nSPS) is 12.7. The first-order valence-electron chi connectivity index (χ1n) is 5.52. The average Bonchev–Trinajstić information content (AvgIpc) is 2.29. The number of benzene rings is 2. The maximum Gasteiger partial charge on any atom is 0.126 e.